The molecule has 24 heavy (non-hydrogen) atoms. The van der Waals surface area contributed by atoms with Crippen LogP contribution in [0.25, 0.3) is 0 Å². The second-order valence-electron chi connectivity index (χ2n) is 5.21. The van der Waals surface area contributed by atoms with E-state index < -0.39 is 10.0 Å². The minimum atomic E-state index is -3.49. The van der Waals surface area contributed by atoms with Gasteiger partial charge in [-0.2, -0.15) is 11.8 Å². The average molecular weight is 386 g/mol. The standard InChI is InChI=1S/C17H20ClNO3S2/c1-13-11-16(7-8-17(13)22-2)24(20,21)19-9-10-23-12-14-3-5-15(18)6-4-14/h3-8,11,19H,9-10,12H2,1-2H3. The summed E-state index contributed by atoms with van der Waals surface area (Å²) in [5.41, 5.74) is 1.95. The van der Waals surface area contributed by atoms with Crippen molar-refractivity contribution in [1.29, 1.82) is 0 Å². The first-order valence-electron chi connectivity index (χ1n) is 7.39. The molecule has 0 aliphatic carbocycles. The molecule has 0 unspecified atom stereocenters. The molecule has 0 aliphatic rings. The molecule has 2 aromatic carbocycles. The van der Waals surface area contributed by atoms with Crippen molar-refractivity contribution in [2.45, 2.75) is 17.6 Å². The van der Waals surface area contributed by atoms with Gasteiger partial charge in [0.1, 0.15) is 5.75 Å². The summed E-state index contributed by atoms with van der Waals surface area (Å²) in [6.07, 6.45) is 0. The molecule has 130 valence electrons. The number of methoxy groups -OCH3 is 1. The van der Waals surface area contributed by atoms with Crippen LogP contribution >= 0.6 is 23.4 Å². The third-order valence-electron chi connectivity index (χ3n) is 3.40. The van der Waals surface area contributed by atoms with Crippen molar-refractivity contribution in [2.75, 3.05) is 19.4 Å². The maximum atomic E-state index is 12.3. The summed E-state index contributed by atoms with van der Waals surface area (Å²) < 4.78 is 32.3. The van der Waals surface area contributed by atoms with Gasteiger partial charge < -0.3 is 4.74 Å². The van der Waals surface area contributed by atoms with Gasteiger partial charge in [-0.25, -0.2) is 13.1 Å². The van der Waals surface area contributed by atoms with Crippen molar-refractivity contribution in [2.24, 2.45) is 0 Å². The third kappa shape index (κ3) is 5.41. The molecule has 0 amide bonds. The van der Waals surface area contributed by atoms with Crippen molar-refractivity contribution in [3.05, 3.63) is 58.6 Å². The summed E-state index contributed by atoms with van der Waals surface area (Å²) in [7, 11) is -1.93. The minimum Gasteiger partial charge on any atom is -0.496 e. The zero-order chi connectivity index (χ0) is 17.6. The molecule has 2 rings (SSSR count). The smallest absolute Gasteiger partial charge is 0.240 e. The number of thioether (sulfide) groups is 1. The maximum Gasteiger partial charge on any atom is 0.240 e. The Morgan fingerprint density at radius 2 is 1.88 bits per heavy atom. The highest BCUT2D eigenvalue weighted by Gasteiger charge is 2.14. The van der Waals surface area contributed by atoms with Crippen LogP contribution in [0.3, 0.4) is 0 Å². The highest BCUT2D eigenvalue weighted by atomic mass is 35.5. The fourth-order valence-electron chi connectivity index (χ4n) is 2.12. The molecule has 0 aromatic heterocycles. The van der Waals surface area contributed by atoms with Crippen LogP contribution in [0.5, 0.6) is 5.75 Å². The van der Waals surface area contributed by atoms with Gasteiger partial charge in [0, 0.05) is 23.1 Å². The third-order valence-corrected chi connectivity index (χ3v) is 6.14. The van der Waals surface area contributed by atoms with E-state index in [2.05, 4.69) is 4.72 Å². The Hall–Kier alpha value is -1.21. The Labute approximate surface area is 152 Å². The van der Waals surface area contributed by atoms with Crippen LogP contribution in [-0.2, 0) is 15.8 Å². The molecule has 0 spiro atoms. The Morgan fingerprint density at radius 1 is 1.17 bits per heavy atom. The molecule has 0 aliphatic heterocycles. The lowest BCUT2D eigenvalue weighted by molar-refractivity contribution is 0.411. The average Bonchev–Trinajstić information content (AvgIpc) is 2.56. The molecule has 2 aromatic rings. The molecule has 4 nitrogen and oxygen atoms in total. The van der Waals surface area contributed by atoms with Crippen LogP contribution in [0.1, 0.15) is 11.1 Å². The van der Waals surface area contributed by atoms with Gasteiger partial charge in [0.2, 0.25) is 10.0 Å². The fourth-order valence-corrected chi connectivity index (χ4v) is 4.31. The molecule has 0 saturated carbocycles. The van der Waals surface area contributed by atoms with Gasteiger partial charge in [0.15, 0.2) is 0 Å². The highest BCUT2D eigenvalue weighted by Crippen LogP contribution is 2.21. The first kappa shape index (κ1) is 19.1. The molecular formula is C17H20ClNO3S2. The SMILES string of the molecule is COc1ccc(S(=O)(=O)NCCSCc2ccc(Cl)cc2)cc1C. The predicted molar refractivity (Wildman–Crippen MR) is 101 cm³/mol. The van der Waals surface area contributed by atoms with E-state index in [1.165, 1.54) is 0 Å². The van der Waals surface area contributed by atoms with Gasteiger partial charge in [-0.3, -0.25) is 0 Å². The summed E-state index contributed by atoms with van der Waals surface area (Å²) in [6, 6.07) is 12.5. The van der Waals surface area contributed by atoms with Gasteiger partial charge in [-0.15, -0.1) is 0 Å². The first-order valence-corrected chi connectivity index (χ1v) is 10.4. The van der Waals surface area contributed by atoms with Gasteiger partial charge in [0.05, 0.1) is 12.0 Å². The number of hydrogen-bond donors (Lipinski definition) is 1. The Kier molecular flexibility index (Phi) is 6.98. The first-order chi connectivity index (χ1) is 11.4. The number of nitrogens with one attached hydrogen (secondary N) is 1. The predicted octanol–water partition coefficient (Wildman–Crippen LogP) is 3.87. The van der Waals surface area contributed by atoms with Crippen LogP contribution in [0.4, 0.5) is 0 Å². The van der Waals surface area contributed by atoms with Crippen molar-refractivity contribution >= 4 is 33.4 Å². The summed E-state index contributed by atoms with van der Waals surface area (Å²) in [5, 5.41) is 0.714. The molecule has 0 bridgehead atoms. The van der Waals surface area contributed by atoms with Crippen molar-refractivity contribution in [3.8, 4) is 5.75 Å². The Bertz CT molecular complexity index is 777. The molecule has 1 N–H and O–H groups in total. The van der Waals surface area contributed by atoms with Crippen molar-refractivity contribution in [1.82, 2.24) is 4.72 Å². The van der Waals surface area contributed by atoms with Crippen LogP contribution < -0.4 is 9.46 Å². The highest BCUT2D eigenvalue weighted by molar-refractivity contribution is 7.98. The van der Waals surface area contributed by atoms with Crippen molar-refractivity contribution in [3.63, 3.8) is 0 Å². The molecule has 0 heterocycles. The summed E-state index contributed by atoms with van der Waals surface area (Å²) in [4.78, 5) is 0.253. The second-order valence-corrected chi connectivity index (χ2v) is 8.52. The van der Waals surface area contributed by atoms with E-state index in [9.17, 15) is 8.42 Å². The Balaban J connectivity index is 1.82. The lowest BCUT2D eigenvalue weighted by Gasteiger charge is -2.09. The van der Waals surface area contributed by atoms with E-state index in [0.717, 1.165) is 16.9 Å². The second kappa shape index (κ2) is 8.76. The molecule has 0 radical (unpaired) electrons. The number of hydrogen-bond acceptors (Lipinski definition) is 4. The zero-order valence-electron chi connectivity index (χ0n) is 13.6. The van der Waals surface area contributed by atoms with Crippen LogP contribution in [0, 0.1) is 6.92 Å². The lowest BCUT2D eigenvalue weighted by Crippen LogP contribution is -2.26. The summed E-state index contributed by atoms with van der Waals surface area (Å²) >= 11 is 7.51. The van der Waals surface area contributed by atoms with Gasteiger partial charge in [-0.1, -0.05) is 23.7 Å². The number of ether oxygens (including phenoxy) is 1. The molecule has 0 atom stereocenters. The van der Waals surface area contributed by atoms with Gasteiger partial charge in [-0.05, 0) is 48.4 Å². The van der Waals surface area contributed by atoms with Crippen molar-refractivity contribution < 1.29 is 13.2 Å². The number of benzene rings is 2. The summed E-state index contributed by atoms with van der Waals surface area (Å²) in [5.74, 6) is 2.19. The largest absolute Gasteiger partial charge is 0.496 e. The molecule has 0 saturated heterocycles. The zero-order valence-corrected chi connectivity index (χ0v) is 16.0. The van der Waals surface area contributed by atoms with E-state index in [-0.39, 0.29) is 4.90 Å². The monoisotopic (exact) mass is 385 g/mol. The number of halogens is 1. The van der Waals surface area contributed by atoms with Crippen LogP contribution in [0.15, 0.2) is 47.4 Å². The topological polar surface area (TPSA) is 55.4 Å². The van der Waals surface area contributed by atoms with E-state index in [4.69, 9.17) is 16.3 Å². The van der Waals surface area contributed by atoms with Crippen LogP contribution in [-0.4, -0.2) is 27.8 Å². The van der Waals surface area contributed by atoms with Crippen LogP contribution in [0.2, 0.25) is 5.02 Å². The van der Waals surface area contributed by atoms with E-state index in [1.54, 1.807) is 37.1 Å². The van der Waals surface area contributed by atoms with Gasteiger partial charge in [0.25, 0.3) is 0 Å². The van der Waals surface area contributed by atoms with E-state index in [1.807, 2.05) is 31.2 Å². The normalized spacial score (nSPS) is 11.5. The lowest BCUT2D eigenvalue weighted by atomic mass is 10.2. The fraction of sp³-hybridized carbons (Fsp3) is 0.294. The molecular weight excluding hydrogens is 366 g/mol. The Morgan fingerprint density at radius 3 is 2.50 bits per heavy atom. The number of rotatable bonds is 8. The minimum absolute atomic E-state index is 0.253. The van der Waals surface area contributed by atoms with E-state index in [0.29, 0.717) is 23.1 Å². The number of aryl methyl sites for hydroxylation is 1. The maximum absolute atomic E-state index is 12.3. The number of sulfonamides is 1. The summed E-state index contributed by atoms with van der Waals surface area (Å²) in [6.45, 7) is 2.20. The molecule has 7 heteroatoms. The quantitative estimate of drug-likeness (QED) is 0.701. The van der Waals surface area contributed by atoms with Gasteiger partial charge >= 0.3 is 0 Å². The van der Waals surface area contributed by atoms with E-state index >= 15 is 0 Å². The molecule has 0 fully saturated rings.